The molecule has 3 amide bonds. The first-order valence-electron chi connectivity index (χ1n) is 8.68. The predicted molar refractivity (Wildman–Crippen MR) is 93.8 cm³/mol. The minimum atomic E-state index is -0.380. The number of likely N-dealkylation sites (tertiary alicyclic amines) is 1. The summed E-state index contributed by atoms with van der Waals surface area (Å²) in [7, 11) is 0. The van der Waals surface area contributed by atoms with E-state index >= 15 is 0 Å². The number of carbonyl (C=O) groups excluding carboxylic acids is 2. The number of hydrogen-bond acceptors (Lipinski definition) is 3. The lowest BCUT2D eigenvalue weighted by Gasteiger charge is -2.34. The minimum Gasteiger partial charge on any atom is -0.396 e. The van der Waals surface area contributed by atoms with Crippen LogP contribution in [0.15, 0.2) is 18.2 Å². The monoisotopic (exact) mass is 351 g/mol. The molecule has 0 bridgehead atoms. The van der Waals surface area contributed by atoms with E-state index in [2.05, 4.69) is 10.6 Å². The molecule has 7 heteroatoms. The number of rotatable bonds is 5. The summed E-state index contributed by atoms with van der Waals surface area (Å²) in [4.78, 5) is 26.0. The van der Waals surface area contributed by atoms with Crippen LogP contribution in [0.25, 0.3) is 0 Å². The number of nitrogens with one attached hydrogen (secondary N) is 2. The average molecular weight is 351 g/mol. The number of halogens is 1. The number of urea groups is 1. The van der Waals surface area contributed by atoms with Crippen LogP contribution in [0.1, 0.15) is 31.7 Å². The summed E-state index contributed by atoms with van der Waals surface area (Å²) in [5.41, 5.74) is 0.929. The normalized spacial score (nSPS) is 16.4. The Labute approximate surface area is 147 Å². The van der Waals surface area contributed by atoms with E-state index in [0.717, 1.165) is 0 Å². The molecular formula is C18H26FN3O3. The van der Waals surface area contributed by atoms with Crippen LogP contribution in [0.4, 0.5) is 14.9 Å². The zero-order chi connectivity index (χ0) is 18.4. The van der Waals surface area contributed by atoms with E-state index in [4.69, 9.17) is 0 Å². The van der Waals surface area contributed by atoms with Crippen molar-refractivity contribution >= 4 is 17.6 Å². The first kappa shape index (κ1) is 19.2. The molecule has 0 saturated carbocycles. The van der Waals surface area contributed by atoms with E-state index in [1.165, 1.54) is 6.07 Å². The largest absolute Gasteiger partial charge is 0.396 e. The summed E-state index contributed by atoms with van der Waals surface area (Å²) in [5.74, 6) is -0.730. The van der Waals surface area contributed by atoms with E-state index in [9.17, 15) is 19.1 Å². The van der Waals surface area contributed by atoms with E-state index in [1.54, 1.807) is 24.0 Å². The van der Waals surface area contributed by atoms with Crippen LogP contribution >= 0.6 is 0 Å². The first-order chi connectivity index (χ1) is 11.9. The molecule has 0 aromatic heterocycles. The van der Waals surface area contributed by atoms with Crippen LogP contribution in [0.2, 0.25) is 0 Å². The highest BCUT2D eigenvalue weighted by Crippen LogP contribution is 2.16. The Morgan fingerprint density at radius 1 is 1.36 bits per heavy atom. The first-order valence-corrected chi connectivity index (χ1v) is 8.68. The van der Waals surface area contributed by atoms with Gasteiger partial charge in [0.15, 0.2) is 0 Å². The number of aliphatic hydroxyl groups is 1. The number of aliphatic hydroxyl groups excluding tert-OH is 1. The van der Waals surface area contributed by atoms with Crippen molar-refractivity contribution in [3.63, 3.8) is 0 Å². The smallest absolute Gasteiger partial charge is 0.319 e. The van der Waals surface area contributed by atoms with Crippen molar-refractivity contribution in [1.82, 2.24) is 10.2 Å². The third-order valence-electron chi connectivity index (χ3n) is 4.63. The number of aryl methyl sites for hydroxylation is 1. The van der Waals surface area contributed by atoms with Gasteiger partial charge in [0, 0.05) is 24.8 Å². The Morgan fingerprint density at radius 2 is 2.04 bits per heavy atom. The molecular weight excluding hydrogens is 325 g/mol. The Bertz CT molecular complexity index is 612. The number of hydrogen-bond donors (Lipinski definition) is 3. The van der Waals surface area contributed by atoms with Crippen molar-refractivity contribution in [3.05, 3.63) is 29.6 Å². The summed E-state index contributed by atoms with van der Waals surface area (Å²) in [6, 6.07) is 4.14. The molecule has 1 heterocycles. The van der Waals surface area contributed by atoms with E-state index in [1.807, 2.05) is 6.92 Å². The molecule has 1 atom stereocenters. The molecule has 0 radical (unpaired) electrons. The van der Waals surface area contributed by atoms with Crippen LogP contribution in [0.3, 0.4) is 0 Å². The topological polar surface area (TPSA) is 81.7 Å². The number of nitrogens with zero attached hydrogens (tertiary/aromatic N) is 1. The third kappa shape index (κ3) is 5.16. The highest BCUT2D eigenvalue weighted by molar-refractivity contribution is 5.89. The van der Waals surface area contributed by atoms with Gasteiger partial charge in [-0.1, -0.05) is 13.0 Å². The second kappa shape index (κ2) is 8.80. The molecule has 1 aromatic carbocycles. The van der Waals surface area contributed by atoms with E-state index in [0.29, 0.717) is 43.6 Å². The van der Waals surface area contributed by atoms with Crippen molar-refractivity contribution in [2.75, 3.05) is 25.0 Å². The van der Waals surface area contributed by atoms with Crippen molar-refractivity contribution < 1.29 is 19.1 Å². The Kier molecular flexibility index (Phi) is 6.75. The molecule has 3 N–H and O–H groups in total. The quantitative estimate of drug-likeness (QED) is 0.761. The second-order valence-electron chi connectivity index (χ2n) is 6.45. The van der Waals surface area contributed by atoms with Gasteiger partial charge in [-0.25, -0.2) is 9.18 Å². The fourth-order valence-corrected chi connectivity index (χ4v) is 2.91. The van der Waals surface area contributed by atoms with Gasteiger partial charge in [0.05, 0.1) is 12.5 Å². The van der Waals surface area contributed by atoms with Crippen LogP contribution in [-0.4, -0.2) is 47.7 Å². The maximum Gasteiger partial charge on any atom is 0.319 e. The van der Waals surface area contributed by atoms with Crippen molar-refractivity contribution in [1.29, 1.82) is 0 Å². The van der Waals surface area contributed by atoms with E-state index < -0.39 is 0 Å². The molecule has 6 nitrogen and oxygen atoms in total. The van der Waals surface area contributed by atoms with Gasteiger partial charge in [-0.2, -0.15) is 0 Å². The lowest BCUT2D eigenvalue weighted by atomic mass is 10.0. The summed E-state index contributed by atoms with van der Waals surface area (Å²) >= 11 is 0. The Balaban J connectivity index is 1.80. The van der Waals surface area contributed by atoms with Gasteiger partial charge >= 0.3 is 6.03 Å². The molecule has 0 aliphatic carbocycles. The van der Waals surface area contributed by atoms with Gasteiger partial charge in [0.2, 0.25) is 5.91 Å². The molecule has 1 fully saturated rings. The van der Waals surface area contributed by atoms with Gasteiger partial charge in [0.25, 0.3) is 0 Å². The van der Waals surface area contributed by atoms with Crippen molar-refractivity contribution in [3.8, 4) is 0 Å². The molecule has 1 aliphatic rings. The fourth-order valence-electron chi connectivity index (χ4n) is 2.91. The Morgan fingerprint density at radius 3 is 2.60 bits per heavy atom. The lowest BCUT2D eigenvalue weighted by molar-refractivity contribution is -0.138. The standard InChI is InChI=1S/C18H26FN3O3/c1-3-13(11-23)17(24)22-8-6-14(7-9-22)20-18(25)21-15-5-4-12(2)16(19)10-15/h4-5,10,13-14,23H,3,6-9,11H2,1-2H3,(H2,20,21,25). The third-order valence-corrected chi connectivity index (χ3v) is 4.63. The zero-order valence-electron chi connectivity index (χ0n) is 14.7. The number of piperidine rings is 1. The second-order valence-corrected chi connectivity index (χ2v) is 6.45. The maximum absolute atomic E-state index is 13.5. The summed E-state index contributed by atoms with van der Waals surface area (Å²) in [6.45, 7) is 4.52. The van der Waals surface area contributed by atoms with Crippen LogP contribution in [0.5, 0.6) is 0 Å². The summed E-state index contributed by atoms with van der Waals surface area (Å²) < 4.78 is 13.5. The number of amides is 3. The van der Waals surface area contributed by atoms with Crippen molar-refractivity contribution in [2.45, 2.75) is 39.2 Å². The molecule has 2 rings (SSSR count). The summed E-state index contributed by atoms with van der Waals surface area (Å²) in [6.07, 6.45) is 1.93. The number of benzene rings is 1. The van der Waals surface area contributed by atoms with Crippen LogP contribution < -0.4 is 10.6 Å². The minimum absolute atomic E-state index is 0.0250. The molecule has 1 aromatic rings. The van der Waals surface area contributed by atoms with Crippen molar-refractivity contribution in [2.24, 2.45) is 5.92 Å². The molecule has 1 saturated heterocycles. The molecule has 1 aliphatic heterocycles. The Hall–Kier alpha value is -2.15. The molecule has 1 unspecified atom stereocenters. The zero-order valence-corrected chi connectivity index (χ0v) is 14.7. The molecule has 138 valence electrons. The number of anilines is 1. The van der Waals surface area contributed by atoms with Crippen LogP contribution in [0, 0.1) is 18.7 Å². The van der Waals surface area contributed by atoms with E-state index in [-0.39, 0.29) is 36.3 Å². The number of carbonyl (C=O) groups is 2. The summed E-state index contributed by atoms with van der Waals surface area (Å²) in [5, 5.41) is 14.7. The highest BCUT2D eigenvalue weighted by atomic mass is 19.1. The van der Waals surface area contributed by atoms with Gasteiger partial charge in [-0.05, 0) is 43.9 Å². The van der Waals surface area contributed by atoms with Gasteiger partial charge in [-0.3, -0.25) is 4.79 Å². The lowest BCUT2D eigenvalue weighted by Crippen LogP contribution is -2.49. The van der Waals surface area contributed by atoms with Gasteiger partial charge in [-0.15, -0.1) is 0 Å². The molecule has 0 spiro atoms. The fraction of sp³-hybridized carbons (Fsp3) is 0.556. The molecule has 25 heavy (non-hydrogen) atoms. The predicted octanol–water partition coefficient (Wildman–Crippen LogP) is 2.27. The van der Waals surface area contributed by atoms with Gasteiger partial charge in [0.1, 0.15) is 5.82 Å². The average Bonchev–Trinajstić information content (AvgIpc) is 2.59. The SMILES string of the molecule is CCC(CO)C(=O)N1CCC(NC(=O)Nc2ccc(C)c(F)c2)CC1. The highest BCUT2D eigenvalue weighted by Gasteiger charge is 2.27. The van der Waals surface area contributed by atoms with Gasteiger partial charge < -0.3 is 20.6 Å². The van der Waals surface area contributed by atoms with Crippen LogP contribution in [-0.2, 0) is 4.79 Å². The maximum atomic E-state index is 13.5.